The first kappa shape index (κ1) is 27.4. The number of aromatic amines is 2. The number of ether oxygens (including phenoxy) is 1. The summed E-state index contributed by atoms with van der Waals surface area (Å²) >= 11 is 1.58. The Bertz CT molecular complexity index is 1630. The molecular formula is C30H34N6O4S. The predicted octanol–water partition coefficient (Wildman–Crippen LogP) is 3.54. The zero-order valence-corrected chi connectivity index (χ0v) is 24.0. The molecule has 0 spiro atoms. The second-order valence-corrected chi connectivity index (χ2v) is 11.5. The molecule has 10 nitrogen and oxygen atoms in total. The van der Waals surface area contributed by atoms with Gasteiger partial charge in [-0.15, -0.1) is 11.8 Å². The summed E-state index contributed by atoms with van der Waals surface area (Å²) in [7, 11) is 2.12. The Morgan fingerprint density at radius 1 is 1.20 bits per heavy atom. The Balaban J connectivity index is 1.18. The summed E-state index contributed by atoms with van der Waals surface area (Å²) in [4.78, 5) is 42.2. The Kier molecular flexibility index (Phi) is 7.74. The predicted molar refractivity (Wildman–Crippen MR) is 161 cm³/mol. The summed E-state index contributed by atoms with van der Waals surface area (Å²) in [6, 6.07) is 13.5. The molecule has 0 radical (unpaired) electrons. The molecule has 0 aliphatic carbocycles. The summed E-state index contributed by atoms with van der Waals surface area (Å²) in [6.07, 6.45) is 4.68. The van der Waals surface area contributed by atoms with E-state index in [-0.39, 0.29) is 30.7 Å². The van der Waals surface area contributed by atoms with Gasteiger partial charge in [-0.1, -0.05) is 12.1 Å². The third-order valence-electron chi connectivity index (χ3n) is 7.89. The number of amides is 1. The summed E-state index contributed by atoms with van der Waals surface area (Å²) in [5.41, 5.74) is 3.62. The first-order chi connectivity index (χ1) is 19.9. The standard InChI is InChI=1S/C30H34N6O4S/c1-35-11-8-19(9-12-35)36-16-18-13-23-24(14-21(18)30(36)39)34-28(33-23)27-22(7-10-31-29(27)38)32-15-20(37)17-40-25-5-3-4-6-26(25)41-2/h3-7,10,13-14,19-20,37H,8-9,11-12,15-17H2,1-2H3,(H,33,34)(H2,31,32,38)/t20-/m1/s1. The van der Waals surface area contributed by atoms with Crippen LogP contribution in [0.3, 0.4) is 0 Å². The van der Waals surface area contributed by atoms with Crippen molar-refractivity contribution < 1.29 is 14.6 Å². The molecule has 0 unspecified atom stereocenters. The molecule has 1 atom stereocenters. The average molecular weight is 575 g/mol. The normalized spacial score (nSPS) is 16.8. The fourth-order valence-electron chi connectivity index (χ4n) is 5.63. The number of thioether (sulfide) groups is 1. The number of anilines is 1. The van der Waals surface area contributed by atoms with E-state index in [1.54, 1.807) is 24.0 Å². The first-order valence-electron chi connectivity index (χ1n) is 13.8. The fourth-order valence-corrected chi connectivity index (χ4v) is 6.18. The molecule has 1 fully saturated rings. The van der Waals surface area contributed by atoms with E-state index < -0.39 is 6.10 Å². The molecule has 214 valence electrons. The van der Waals surface area contributed by atoms with Crippen LogP contribution in [0.1, 0.15) is 28.8 Å². The van der Waals surface area contributed by atoms with E-state index in [0.29, 0.717) is 34.7 Å². The number of fused-ring (bicyclic) bond motifs is 2. The van der Waals surface area contributed by atoms with E-state index in [1.165, 1.54) is 0 Å². The third kappa shape index (κ3) is 5.57. The molecule has 4 N–H and O–H groups in total. The molecule has 0 saturated carbocycles. The molecule has 1 saturated heterocycles. The van der Waals surface area contributed by atoms with E-state index in [1.807, 2.05) is 47.6 Å². The van der Waals surface area contributed by atoms with Crippen LogP contribution < -0.4 is 15.6 Å². The van der Waals surface area contributed by atoms with Gasteiger partial charge >= 0.3 is 0 Å². The van der Waals surface area contributed by atoms with Crippen molar-refractivity contribution in [2.45, 2.75) is 36.4 Å². The molecule has 4 aromatic rings. The maximum Gasteiger partial charge on any atom is 0.261 e. The largest absolute Gasteiger partial charge is 0.490 e. The number of imidazole rings is 1. The van der Waals surface area contributed by atoms with Crippen molar-refractivity contribution in [1.82, 2.24) is 24.8 Å². The molecule has 2 aromatic heterocycles. The van der Waals surface area contributed by atoms with Crippen LogP contribution in [0.15, 0.2) is 58.4 Å². The van der Waals surface area contributed by atoms with Gasteiger partial charge in [0, 0.05) is 35.8 Å². The van der Waals surface area contributed by atoms with Gasteiger partial charge in [-0.05, 0) is 75.1 Å². The zero-order chi connectivity index (χ0) is 28.5. The van der Waals surface area contributed by atoms with Gasteiger partial charge in [-0.3, -0.25) is 9.59 Å². The quantitative estimate of drug-likeness (QED) is 0.224. The Labute approximate surface area is 242 Å². The molecule has 6 rings (SSSR count). The fraction of sp³-hybridized carbons (Fsp3) is 0.367. The van der Waals surface area contributed by atoms with Gasteiger partial charge in [0.05, 0.1) is 16.7 Å². The zero-order valence-electron chi connectivity index (χ0n) is 23.1. The van der Waals surface area contributed by atoms with Gasteiger partial charge < -0.3 is 34.9 Å². The minimum atomic E-state index is -0.811. The monoisotopic (exact) mass is 574 g/mol. The number of carbonyl (C=O) groups excluding carboxylic acids is 1. The molecule has 2 aliphatic rings. The van der Waals surface area contributed by atoms with Crippen molar-refractivity contribution in [2.75, 3.05) is 44.9 Å². The number of aliphatic hydroxyl groups is 1. The lowest BCUT2D eigenvalue weighted by Gasteiger charge is -2.34. The van der Waals surface area contributed by atoms with Crippen LogP contribution in [0.5, 0.6) is 5.75 Å². The molecule has 1 amide bonds. The number of H-pyrrole nitrogens is 2. The van der Waals surface area contributed by atoms with Crippen LogP contribution in [0.25, 0.3) is 22.4 Å². The number of benzene rings is 2. The number of aromatic nitrogens is 3. The van der Waals surface area contributed by atoms with Crippen LogP contribution in [0.4, 0.5) is 5.69 Å². The Hall–Kier alpha value is -3.80. The third-order valence-corrected chi connectivity index (χ3v) is 8.67. The second kappa shape index (κ2) is 11.6. The molecular weight excluding hydrogens is 540 g/mol. The van der Waals surface area contributed by atoms with Gasteiger partial charge in [0.15, 0.2) is 0 Å². The van der Waals surface area contributed by atoms with Crippen molar-refractivity contribution in [3.63, 3.8) is 0 Å². The summed E-state index contributed by atoms with van der Waals surface area (Å²) in [6.45, 7) is 2.85. The Morgan fingerprint density at radius 2 is 2.00 bits per heavy atom. The lowest BCUT2D eigenvalue weighted by atomic mass is 10.0. The van der Waals surface area contributed by atoms with Crippen LogP contribution in [-0.2, 0) is 6.54 Å². The number of rotatable bonds is 9. The van der Waals surface area contributed by atoms with E-state index in [4.69, 9.17) is 9.72 Å². The van der Waals surface area contributed by atoms with Gasteiger partial charge in [-0.25, -0.2) is 4.98 Å². The number of hydrogen-bond donors (Lipinski definition) is 4. The number of para-hydroxylation sites is 1. The molecule has 4 heterocycles. The summed E-state index contributed by atoms with van der Waals surface area (Å²) in [5, 5.41) is 13.8. The van der Waals surface area contributed by atoms with Crippen molar-refractivity contribution in [2.24, 2.45) is 0 Å². The highest BCUT2D eigenvalue weighted by Gasteiger charge is 2.34. The SMILES string of the molecule is CSc1ccccc1OC[C@H](O)CNc1cc[nH]c(=O)c1-c1nc2cc3c(cc2[nH]1)CN(C1CCN(C)CC1)C3=O. The van der Waals surface area contributed by atoms with E-state index >= 15 is 0 Å². The topological polar surface area (TPSA) is 127 Å². The summed E-state index contributed by atoms with van der Waals surface area (Å²) in [5.74, 6) is 1.17. The van der Waals surface area contributed by atoms with Crippen molar-refractivity contribution >= 4 is 34.4 Å². The maximum atomic E-state index is 13.3. The van der Waals surface area contributed by atoms with Crippen LogP contribution in [0, 0.1) is 0 Å². The van der Waals surface area contributed by atoms with Crippen LogP contribution in [-0.4, -0.2) is 87.5 Å². The van der Waals surface area contributed by atoms with Crippen molar-refractivity contribution in [3.8, 4) is 17.1 Å². The van der Waals surface area contributed by atoms with Gasteiger partial charge in [0.2, 0.25) is 0 Å². The first-order valence-corrected chi connectivity index (χ1v) is 15.1. The Morgan fingerprint density at radius 3 is 2.80 bits per heavy atom. The number of carbonyl (C=O) groups is 1. The minimum Gasteiger partial charge on any atom is -0.490 e. The number of piperidine rings is 1. The number of pyridine rings is 1. The highest BCUT2D eigenvalue weighted by atomic mass is 32.2. The minimum absolute atomic E-state index is 0.0530. The number of aliphatic hydroxyl groups excluding tert-OH is 1. The van der Waals surface area contributed by atoms with Crippen molar-refractivity contribution in [3.05, 3.63) is 70.1 Å². The van der Waals surface area contributed by atoms with E-state index in [9.17, 15) is 14.7 Å². The average Bonchev–Trinajstić information content (AvgIpc) is 3.54. The molecule has 11 heteroatoms. The van der Waals surface area contributed by atoms with Crippen LogP contribution >= 0.6 is 11.8 Å². The van der Waals surface area contributed by atoms with Gasteiger partial charge in [0.25, 0.3) is 11.5 Å². The number of hydrogen-bond acceptors (Lipinski definition) is 8. The highest BCUT2D eigenvalue weighted by Crippen LogP contribution is 2.33. The van der Waals surface area contributed by atoms with E-state index in [2.05, 4.69) is 27.2 Å². The number of nitrogens with one attached hydrogen (secondary N) is 3. The number of nitrogens with zero attached hydrogens (tertiary/aromatic N) is 3. The highest BCUT2D eigenvalue weighted by molar-refractivity contribution is 7.98. The van der Waals surface area contributed by atoms with Crippen LogP contribution in [0.2, 0.25) is 0 Å². The lowest BCUT2D eigenvalue weighted by molar-refractivity contribution is 0.0617. The van der Waals surface area contributed by atoms with Gasteiger partial charge in [-0.2, -0.15) is 0 Å². The molecule has 2 aromatic carbocycles. The van der Waals surface area contributed by atoms with Gasteiger partial charge in [0.1, 0.15) is 29.8 Å². The second-order valence-electron chi connectivity index (χ2n) is 10.7. The summed E-state index contributed by atoms with van der Waals surface area (Å²) < 4.78 is 5.82. The van der Waals surface area contributed by atoms with Crippen molar-refractivity contribution in [1.29, 1.82) is 0 Å². The lowest BCUT2D eigenvalue weighted by Crippen LogP contribution is -2.43. The maximum absolute atomic E-state index is 13.3. The number of likely N-dealkylation sites (tertiary alicyclic amines) is 1. The molecule has 2 aliphatic heterocycles. The van der Waals surface area contributed by atoms with E-state index in [0.717, 1.165) is 47.7 Å². The smallest absolute Gasteiger partial charge is 0.261 e. The molecule has 41 heavy (non-hydrogen) atoms. The molecule has 0 bridgehead atoms.